The summed E-state index contributed by atoms with van der Waals surface area (Å²) in [7, 11) is 1.92. The molecule has 0 aromatic heterocycles. The molecular formula is C17H32N4O. The van der Waals surface area contributed by atoms with Crippen LogP contribution in [-0.2, 0) is 4.74 Å². The fraction of sp³-hybridized carbons (Fsp3) is 0.941. The summed E-state index contributed by atoms with van der Waals surface area (Å²) in [5, 5.41) is 3.65. The third-order valence-corrected chi connectivity index (χ3v) is 5.72. The molecule has 2 aliphatic heterocycles. The summed E-state index contributed by atoms with van der Waals surface area (Å²) in [5.74, 6) is 1.10. The van der Waals surface area contributed by atoms with E-state index in [1.807, 2.05) is 7.05 Å². The van der Waals surface area contributed by atoms with Crippen molar-refractivity contribution in [2.45, 2.75) is 45.1 Å². The first-order chi connectivity index (χ1) is 10.7. The second kappa shape index (κ2) is 7.18. The first kappa shape index (κ1) is 16.1. The van der Waals surface area contributed by atoms with Gasteiger partial charge >= 0.3 is 0 Å². The van der Waals surface area contributed by atoms with Crippen LogP contribution in [0.25, 0.3) is 0 Å². The van der Waals surface area contributed by atoms with Crippen molar-refractivity contribution in [3.8, 4) is 0 Å². The molecule has 0 spiro atoms. The van der Waals surface area contributed by atoms with Crippen LogP contribution < -0.4 is 5.32 Å². The number of nitrogens with one attached hydrogen (secondary N) is 1. The van der Waals surface area contributed by atoms with Crippen LogP contribution in [0.5, 0.6) is 0 Å². The lowest BCUT2D eigenvalue weighted by atomic mass is 9.89. The molecule has 0 aromatic rings. The van der Waals surface area contributed by atoms with Crippen LogP contribution in [0.3, 0.4) is 0 Å². The molecule has 22 heavy (non-hydrogen) atoms. The minimum Gasteiger partial charge on any atom is -0.379 e. The van der Waals surface area contributed by atoms with Crippen molar-refractivity contribution in [3.05, 3.63) is 0 Å². The summed E-state index contributed by atoms with van der Waals surface area (Å²) >= 11 is 0. The number of hydrogen-bond acceptors (Lipinski definition) is 3. The molecule has 5 heteroatoms. The third-order valence-electron chi connectivity index (χ3n) is 5.72. The Hall–Kier alpha value is -0.810. The fourth-order valence-corrected chi connectivity index (χ4v) is 4.20. The first-order valence-electron chi connectivity index (χ1n) is 8.98. The molecule has 0 amide bonds. The first-order valence-corrected chi connectivity index (χ1v) is 8.98. The second-order valence-electron chi connectivity index (χ2n) is 7.46. The normalized spacial score (nSPS) is 30.0. The molecule has 0 radical (unpaired) electrons. The summed E-state index contributed by atoms with van der Waals surface area (Å²) in [5.41, 5.74) is 0.472. The number of nitrogens with zero attached hydrogens (tertiary/aromatic N) is 3. The van der Waals surface area contributed by atoms with Crippen LogP contribution in [0.4, 0.5) is 0 Å². The van der Waals surface area contributed by atoms with E-state index in [9.17, 15) is 0 Å². The molecule has 2 heterocycles. The van der Waals surface area contributed by atoms with E-state index >= 15 is 0 Å². The maximum atomic E-state index is 5.47. The lowest BCUT2D eigenvalue weighted by Gasteiger charge is -2.32. The highest BCUT2D eigenvalue weighted by Gasteiger charge is 2.32. The molecule has 1 N–H and O–H groups in total. The van der Waals surface area contributed by atoms with Gasteiger partial charge in [0.2, 0.25) is 0 Å². The summed E-state index contributed by atoms with van der Waals surface area (Å²) in [4.78, 5) is 9.57. The van der Waals surface area contributed by atoms with Crippen LogP contribution in [0.2, 0.25) is 0 Å². The Balaban J connectivity index is 1.49. The van der Waals surface area contributed by atoms with Gasteiger partial charge in [-0.15, -0.1) is 0 Å². The van der Waals surface area contributed by atoms with Gasteiger partial charge in [-0.2, -0.15) is 0 Å². The summed E-state index contributed by atoms with van der Waals surface area (Å²) in [6.45, 7) is 9.67. The Morgan fingerprint density at radius 2 is 1.95 bits per heavy atom. The van der Waals surface area contributed by atoms with Crippen molar-refractivity contribution in [1.82, 2.24) is 15.1 Å². The van der Waals surface area contributed by atoms with Gasteiger partial charge in [-0.3, -0.25) is 9.89 Å². The van der Waals surface area contributed by atoms with Gasteiger partial charge in [-0.05, 0) is 24.7 Å². The van der Waals surface area contributed by atoms with E-state index in [0.29, 0.717) is 11.5 Å². The zero-order valence-electron chi connectivity index (χ0n) is 14.3. The van der Waals surface area contributed by atoms with Crippen LogP contribution >= 0.6 is 0 Å². The molecular weight excluding hydrogens is 276 g/mol. The highest BCUT2D eigenvalue weighted by molar-refractivity contribution is 5.80. The summed E-state index contributed by atoms with van der Waals surface area (Å²) < 4.78 is 5.47. The van der Waals surface area contributed by atoms with Gasteiger partial charge in [0, 0.05) is 45.8 Å². The molecule has 1 unspecified atom stereocenters. The predicted molar refractivity (Wildman–Crippen MR) is 90.3 cm³/mol. The molecule has 5 nitrogen and oxygen atoms in total. The number of aliphatic imine (C=N–C) groups is 1. The molecule has 3 fully saturated rings. The van der Waals surface area contributed by atoms with Gasteiger partial charge in [0.15, 0.2) is 5.96 Å². The monoisotopic (exact) mass is 308 g/mol. The van der Waals surface area contributed by atoms with Crippen molar-refractivity contribution in [2.75, 3.05) is 53.0 Å². The van der Waals surface area contributed by atoms with Gasteiger partial charge in [0.1, 0.15) is 0 Å². The number of likely N-dealkylation sites (tertiary alicyclic amines) is 1. The van der Waals surface area contributed by atoms with Crippen LogP contribution in [0.1, 0.15) is 39.0 Å². The van der Waals surface area contributed by atoms with E-state index in [1.54, 1.807) is 0 Å². The Morgan fingerprint density at radius 1 is 1.23 bits per heavy atom. The molecule has 126 valence electrons. The third kappa shape index (κ3) is 3.74. The van der Waals surface area contributed by atoms with E-state index in [2.05, 4.69) is 27.0 Å². The van der Waals surface area contributed by atoms with Crippen molar-refractivity contribution >= 4 is 5.96 Å². The minimum absolute atomic E-state index is 0.472. The fourth-order valence-electron chi connectivity index (χ4n) is 4.20. The minimum atomic E-state index is 0.472. The Kier molecular flexibility index (Phi) is 5.24. The van der Waals surface area contributed by atoms with Gasteiger partial charge < -0.3 is 15.0 Å². The lowest BCUT2D eigenvalue weighted by molar-refractivity contribution is 0.0194. The predicted octanol–water partition coefficient (Wildman–Crippen LogP) is 1.55. The van der Waals surface area contributed by atoms with Crippen molar-refractivity contribution in [2.24, 2.45) is 10.4 Å². The van der Waals surface area contributed by atoms with E-state index in [-0.39, 0.29) is 0 Å². The van der Waals surface area contributed by atoms with Crippen molar-refractivity contribution < 1.29 is 4.74 Å². The largest absolute Gasteiger partial charge is 0.379 e. The van der Waals surface area contributed by atoms with Gasteiger partial charge in [0.05, 0.1) is 13.2 Å². The Bertz CT molecular complexity index is 386. The van der Waals surface area contributed by atoms with Crippen LogP contribution in [0.15, 0.2) is 4.99 Å². The van der Waals surface area contributed by atoms with Gasteiger partial charge in [0.25, 0.3) is 0 Å². The Labute approximate surface area is 135 Å². The summed E-state index contributed by atoms with van der Waals surface area (Å²) in [6.07, 6.45) is 6.73. The molecule has 1 atom stereocenters. The van der Waals surface area contributed by atoms with E-state index in [1.165, 1.54) is 32.1 Å². The molecule has 2 saturated heterocycles. The molecule has 3 rings (SSSR count). The van der Waals surface area contributed by atoms with Crippen LogP contribution in [0, 0.1) is 5.41 Å². The van der Waals surface area contributed by atoms with E-state index in [4.69, 9.17) is 4.74 Å². The van der Waals surface area contributed by atoms with E-state index < -0.39 is 0 Å². The number of hydrogen-bond donors (Lipinski definition) is 1. The maximum Gasteiger partial charge on any atom is 0.193 e. The van der Waals surface area contributed by atoms with Crippen molar-refractivity contribution in [1.29, 1.82) is 0 Å². The molecule has 0 bridgehead atoms. The molecule has 1 aliphatic carbocycles. The second-order valence-corrected chi connectivity index (χ2v) is 7.46. The Morgan fingerprint density at radius 3 is 2.64 bits per heavy atom. The number of rotatable bonds is 3. The number of morpholine rings is 1. The van der Waals surface area contributed by atoms with Crippen LogP contribution in [-0.4, -0.2) is 74.8 Å². The van der Waals surface area contributed by atoms with Gasteiger partial charge in [-0.1, -0.05) is 19.8 Å². The molecule has 1 saturated carbocycles. The standard InChI is InChI=1S/C17H32N4O/c1-17(6-3-4-7-17)14-19-16(18-2)21-8-5-15(13-21)20-9-11-22-12-10-20/h15H,3-14H2,1-2H3,(H,18,19). The van der Waals surface area contributed by atoms with Gasteiger partial charge in [-0.25, -0.2) is 0 Å². The topological polar surface area (TPSA) is 40.1 Å². The lowest BCUT2D eigenvalue weighted by Crippen LogP contribution is -2.47. The SMILES string of the molecule is CN=C(NCC1(C)CCCC1)N1CCC(N2CCOCC2)C1. The average molecular weight is 308 g/mol. The zero-order chi connectivity index (χ0) is 15.4. The van der Waals surface area contributed by atoms with Crippen molar-refractivity contribution in [3.63, 3.8) is 0 Å². The molecule has 0 aromatic carbocycles. The highest BCUT2D eigenvalue weighted by Crippen LogP contribution is 2.36. The van der Waals surface area contributed by atoms with E-state index in [0.717, 1.165) is 51.9 Å². The highest BCUT2D eigenvalue weighted by atomic mass is 16.5. The zero-order valence-corrected chi connectivity index (χ0v) is 14.3. The number of ether oxygens (including phenoxy) is 1. The quantitative estimate of drug-likeness (QED) is 0.634. The summed E-state index contributed by atoms with van der Waals surface area (Å²) in [6, 6.07) is 0.671. The number of guanidine groups is 1. The average Bonchev–Trinajstić information content (AvgIpc) is 3.19. The smallest absolute Gasteiger partial charge is 0.193 e. The maximum absolute atomic E-state index is 5.47. The molecule has 3 aliphatic rings.